The molecular formula is C12H27NO3. The van der Waals surface area contributed by atoms with Gasteiger partial charge < -0.3 is 19.5 Å². The van der Waals surface area contributed by atoms with E-state index in [9.17, 15) is 0 Å². The molecule has 0 radical (unpaired) electrons. The normalized spacial score (nSPS) is 13.3. The van der Waals surface area contributed by atoms with Gasteiger partial charge >= 0.3 is 0 Å². The molecule has 98 valence electrons. The second-order valence-corrected chi connectivity index (χ2v) is 3.77. The highest BCUT2D eigenvalue weighted by molar-refractivity contribution is 4.60. The van der Waals surface area contributed by atoms with Crippen molar-refractivity contribution in [3.63, 3.8) is 0 Å². The van der Waals surface area contributed by atoms with Gasteiger partial charge in [0, 0.05) is 45.9 Å². The van der Waals surface area contributed by atoms with E-state index in [4.69, 9.17) is 14.2 Å². The summed E-state index contributed by atoms with van der Waals surface area (Å²) in [7, 11) is 1.73. The van der Waals surface area contributed by atoms with E-state index in [1.165, 1.54) is 0 Å². The van der Waals surface area contributed by atoms with Gasteiger partial charge in [-0.05, 0) is 27.2 Å². The first-order valence-electron chi connectivity index (χ1n) is 6.20. The number of ether oxygens (including phenoxy) is 3. The van der Waals surface area contributed by atoms with E-state index in [-0.39, 0.29) is 6.29 Å². The Kier molecular flexibility index (Phi) is 11.2. The van der Waals surface area contributed by atoms with E-state index in [0.717, 1.165) is 26.0 Å². The standard InChI is InChI=1S/C12H27NO3/c1-5-15-12(16-6-2)7-9-13-11(3)8-10-14-4/h11-13H,5-10H2,1-4H3. The lowest BCUT2D eigenvalue weighted by Crippen LogP contribution is -2.31. The van der Waals surface area contributed by atoms with Gasteiger partial charge in [0.2, 0.25) is 0 Å². The molecule has 1 unspecified atom stereocenters. The fourth-order valence-electron chi connectivity index (χ4n) is 1.43. The van der Waals surface area contributed by atoms with Gasteiger partial charge in [0.1, 0.15) is 0 Å². The Morgan fingerprint density at radius 2 is 1.69 bits per heavy atom. The predicted octanol–water partition coefficient (Wildman–Crippen LogP) is 1.79. The van der Waals surface area contributed by atoms with Crippen molar-refractivity contribution in [2.75, 3.05) is 33.5 Å². The van der Waals surface area contributed by atoms with Crippen LogP contribution in [0, 0.1) is 0 Å². The molecule has 1 N–H and O–H groups in total. The van der Waals surface area contributed by atoms with Crippen LogP contribution in [0.5, 0.6) is 0 Å². The summed E-state index contributed by atoms with van der Waals surface area (Å²) >= 11 is 0. The molecule has 0 aliphatic heterocycles. The van der Waals surface area contributed by atoms with E-state index in [0.29, 0.717) is 19.3 Å². The molecule has 0 spiro atoms. The third kappa shape index (κ3) is 9.09. The van der Waals surface area contributed by atoms with E-state index < -0.39 is 0 Å². The van der Waals surface area contributed by atoms with Gasteiger partial charge in [0.15, 0.2) is 6.29 Å². The summed E-state index contributed by atoms with van der Waals surface area (Å²) in [5.41, 5.74) is 0. The zero-order valence-corrected chi connectivity index (χ0v) is 11.1. The summed E-state index contributed by atoms with van der Waals surface area (Å²) in [5, 5.41) is 3.42. The first-order chi connectivity index (χ1) is 7.74. The summed E-state index contributed by atoms with van der Waals surface area (Å²) in [6, 6.07) is 0.476. The Labute approximate surface area is 99.6 Å². The second-order valence-electron chi connectivity index (χ2n) is 3.77. The molecule has 0 aromatic carbocycles. The van der Waals surface area contributed by atoms with Crippen molar-refractivity contribution in [2.45, 2.75) is 45.9 Å². The Bertz CT molecular complexity index is 138. The summed E-state index contributed by atoms with van der Waals surface area (Å²) in [6.07, 6.45) is 1.85. The topological polar surface area (TPSA) is 39.7 Å². The third-order valence-electron chi connectivity index (χ3n) is 2.33. The van der Waals surface area contributed by atoms with Gasteiger partial charge in [-0.25, -0.2) is 0 Å². The second kappa shape index (κ2) is 11.3. The molecule has 0 amide bonds. The minimum absolute atomic E-state index is 0.0721. The van der Waals surface area contributed by atoms with Crippen molar-refractivity contribution in [1.82, 2.24) is 5.32 Å². The molecule has 0 fully saturated rings. The van der Waals surface area contributed by atoms with Gasteiger partial charge in [0.25, 0.3) is 0 Å². The fraction of sp³-hybridized carbons (Fsp3) is 1.00. The molecule has 0 aliphatic rings. The molecular weight excluding hydrogens is 206 g/mol. The van der Waals surface area contributed by atoms with E-state index in [2.05, 4.69) is 12.2 Å². The predicted molar refractivity (Wildman–Crippen MR) is 65.6 cm³/mol. The molecule has 16 heavy (non-hydrogen) atoms. The molecule has 0 aromatic heterocycles. The SMILES string of the molecule is CCOC(CCNC(C)CCOC)OCC. The summed E-state index contributed by atoms with van der Waals surface area (Å²) in [4.78, 5) is 0. The number of rotatable bonds is 11. The van der Waals surface area contributed by atoms with Crippen molar-refractivity contribution in [2.24, 2.45) is 0 Å². The molecule has 0 aromatic rings. The molecule has 0 saturated carbocycles. The molecule has 0 saturated heterocycles. The maximum Gasteiger partial charge on any atom is 0.158 e. The summed E-state index contributed by atoms with van der Waals surface area (Å²) in [5.74, 6) is 0. The Balaban J connectivity index is 3.51. The van der Waals surface area contributed by atoms with Gasteiger partial charge in [-0.2, -0.15) is 0 Å². The van der Waals surface area contributed by atoms with Gasteiger partial charge in [-0.3, -0.25) is 0 Å². The molecule has 1 atom stereocenters. The number of hydrogen-bond donors (Lipinski definition) is 1. The molecule has 0 rings (SSSR count). The maximum atomic E-state index is 5.46. The van der Waals surface area contributed by atoms with E-state index in [1.54, 1.807) is 7.11 Å². The summed E-state index contributed by atoms with van der Waals surface area (Å²) in [6.45, 7) is 9.24. The Morgan fingerprint density at radius 3 is 2.19 bits per heavy atom. The zero-order valence-electron chi connectivity index (χ0n) is 11.1. The van der Waals surface area contributed by atoms with Crippen LogP contribution < -0.4 is 5.32 Å². The molecule has 4 heteroatoms. The first kappa shape index (κ1) is 15.8. The lowest BCUT2D eigenvalue weighted by atomic mass is 10.2. The van der Waals surface area contributed by atoms with Crippen LogP contribution in [0.3, 0.4) is 0 Å². The lowest BCUT2D eigenvalue weighted by Gasteiger charge is -2.19. The fourth-order valence-corrected chi connectivity index (χ4v) is 1.43. The van der Waals surface area contributed by atoms with Gasteiger partial charge in [0.05, 0.1) is 0 Å². The zero-order chi connectivity index (χ0) is 12.2. The first-order valence-corrected chi connectivity index (χ1v) is 6.20. The van der Waals surface area contributed by atoms with Crippen LogP contribution >= 0.6 is 0 Å². The number of nitrogens with one attached hydrogen (secondary N) is 1. The third-order valence-corrected chi connectivity index (χ3v) is 2.33. The monoisotopic (exact) mass is 233 g/mol. The van der Waals surface area contributed by atoms with Crippen molar-refractivity contribution >= 4 is 0 Å². The minimum Gasteiger partial charge on any atom is -0.385 e. The highest BCUT2D eigenvalue weighted by Gasteiger charge is 2.08. The molecule has 0 aliphatic carbocycles. The Morgan fingerprint density at radius 1 is 1.06 bits per heavy atom. The largest absolute Gasteiger partial charge is 0.385 e. The average Bonchev–Trinajstić information content (AvgIpc) is 2.27. The quantitative estimate of drug-likeness (QED) is 0.552. The smallest absolute Gasteiger partial charge is 0.158 e. The van der Waals surface area contributed by atoms with E-state index >= 15 is 0 Å². The van der Waals surface area contributed by atoms with Gasteiger partial charge in [-0.1, -0.05) is 0 Å². The van der Waals surface area contributed by atoms with Crippen LogP contribution in [0.15, 0.2) is 0 Å². The van der Waals surface area contributed by atoms with Crippen LogP contribution in [0.25, 0.3) is 0 Å². The molecule has 0 heterocycles. The molecule has 4 nitrogen and oxygen atoms in total. The average molecular weight is 233 g/mol. The van der Waals surface area contributed by atoms with Crippen molar-refractivity contribution in [1.29, 1.82) is 0 Å². The van der Waals surface area contributed by atoms with Crippen LogP contribution in [0.1, 0.15) is 33.6 Å². The number of hydrogen-bond acceptors (Lipinski definition) is 4. The summed E-state index contributed by atoms with van der Waals surface area (Å²) < 4.78 is 15.9. The van der Waals surface area contributed by atoms with Crippen LogP contribution in [-0.2, 0) is 14.2 Å². The van der Waals surface area contributed by atoms with Crippen LogP contribution in [-0.4, -0.2) is 45.8 Å². The maximum absolute atomic E-state index is 5.46. The highest BCUT2D eigenvalue weighted by Crippen LogP contribution is 2.00. The minimum atomic E-state index is -0.0721. The van der Waals surface area contributed by atoms with Crippen molar-refractivity contribution < 1.29 is 14.2 Å². The highest BCUT2D eigenvalue weighted by atomic mass is 16.7. The van der Waals surface area contributed by atoms with Crippen LogP contribution in [0.2, 0.25) is 0 Å². The van der Waals surface area contributed by atoms with Gasteiger partial charge in [-0.15, -0.1) is 0 Å². The number of methoxy groups -OCH3 is 1. The van der Waals surface area contributed by atoms with Crippen molar-refractivity contribution in [3.8, 4) is 0 Å². The van der Waals surface area contributed by atoms with Crippen LogP contribution in [0.4, 0.5) is 0 Å². The van der Waals surface area contributed by atoms with E-state index in [1.807, 2.05) is 13.8 Å². The lowest BCUT2D eigenvalue weighted by molar-refractivity contribution is -0.138. The van der Waals surface area contributed by atoms with Crippen molar-refractivity contribution in [3.05, 3.63) is 0 Å². The Hall–Kier alpha value is -0.160. The molecule has 0 bridgehead atoms.